The lowest BCUT2D eigenvalue weighted by Crippen LogP contribution is -2.42. The van der Waals surface area contributed by atoms with Gasteiger partial charge >= 0.3 is 0 Å². The SMILES string of the molecule is CC1CC(NC2C3C4CCC(C4)C23)CC(C)(C)C1. The van der Waals surface area contributed by atoms with Crippen LogP contribution in [0.3, 0.4) is 0 Å². The van der Waals surface area contributed by atoms with E-state index in [1.807, 2.05) is 0 Å². The highest BCUT2D eigenvalue weighted by molar-refractivity contribution is 5.17. The second kappa shape index (κ2) is 3.75. The molecule has 4 rings (SSSR count). The topological polar surface area (TPSA) is 12.0 Å². The predicted molar refractivity (Wildman–Crippen MR) is 75.3 cm³/mol. The summed E-state index contributed by atoms with van der Waals surface area (Å²) in [4.78, 5) is 0. The fourth-order valence-electron chi connectivity index (χ4n) is 6.29. The molecule has 0 radical (unpaired) electrons. The van der Waals surface area contributed by atoms with Crippen molar-refractivity contribution in [3.8, 4) is 0 Å². The Labute approximate surface area is 112 Å². The van der Waals surface area contributed by atoms with Gasteiger partial charge in [0.1, 0.15) is 0 Å². The molecule has 0 heterocycles. The van der Waals surface area contributed by atoms with Crippen molar-refractivity contribution >= 4 is 0 Å². The standard InChI is InChI=1S/C17H29N/c1-10-6-13(9-17(2,3)8-10)18-16-14-11-4-5-12(7-11)15(14)16/h10-16,18H,4-9H2,1-3H3. The molecule has 0 spiro atoms. The van der Waals surface area contributed by atoms with Gasteiger partial charge in [0.05, 0.1) is 0 Å². The summed E-state index contributed by atoms with van der Waals surface area (Å²) in [6, 6.07) is 1.75. The first kappa shape index (κ1) is 11.8. The van der Waals surface area contributed by atoms with Crippen LogP contribution in [-0.4, -0.2) is 12.1 Å². The van der Waals surface area contributed by atoms with Crippen LogP contribution >= 0.6 is 0 Å². The van der Waals surface area contributed by atoms with Crippen LogP contribution in [0.1, 0.15) is 59.3 Å². The summed E-state index contributed by atoms with van der Waals surface area (Å²) < 4.78 is 0. The lowest BCUT2D eigenvalue weighted by molar-refractivity contribution is 0.147. The van der Waals surface area contributed by atoms with Crippen molar-refractivity contribution in [3.63, 3.8) is 0 Å². The highest BCUT2D eigenvalue weighted by atomic mass is 15.0. The molecule has 0 saturated heterocycles. The van der Waals surface area contributed by atoms with Crippen molar-refractivity contribution in [2.45, 2.75) is 71.4 Å². The van der Waals surface area contributed by atoms with Gasteiger partial charge in [0.2, 0.25) is 0 Å². The third kappa shape index (κ3) is 1.77. The monoisotopic (exact) mass is 247 g/mol. The summed E-state index contributed by atoms with van der Waals surface area (Å²) in [5.41, 5.74) is 0.568. The molecular weight excluding hydrogens is 218 g/mol. The van der Waals surface area contributed by atoms with Crippen LogP contribution in [0.2, 0.25) is 0 Å². The maximum atomic E-state index is 4.08. The van der Waals surface area contributed by atoms with Crippen LogP contribution in [0.5, 0.6) is 0 Å². The quantitative estimate of drug-likeness (QED) is 0.782. The Kier molecular flexibility index (Phi) is 2.45. The Balaban J connectivity index is 1.39. The fraction of sp³-hybridized carbons (Fsp3) is 1.00. The number of fused-ring (bicyclic) bond motifs is 5. The Hall–Kier alpha value is -0.0400. The molecule has 102 valence electrons. The van der Waals surface area contributed by atoms with E-state index in [0.29, 0.717) is 5.41 Å². The van der Waals surface area contributed by atoms with E-state index in [-0.39, 0.29) is 0 Å². The van der Waals surface area contributed by atoms with Crippen LogP contribution in [0, 0.1) is 35.0 Å². The summed E-state index contributed by atoms with van der Waals surface area (Å²) in [6.45, 7) is 7.39. The summed E-state index contributed by atoms with van der Waals surface area (Å²) in [5.74, 6) is 5.35. The molecule has 1 heteroatoms. The van der Waals surface area contributed by atoms with Gasteiger partial charge in [0.15, 0.2) is 0 Å². The third-order valence-electron chi connectivity index (χ3n) is 6.55. The van der Waals surface area contributed by atoms with Gasteiger partial charge in [-0.05, 0) is 73.5 Å². The minimum absolute atomic E-state index is 0.568. The lowest BCUT2D eigenvalue weighted by atomic mass is 9.70. The predicted octanol–water partition coefficient (Wildman–Crippen LogP) is 3.84. The van der Waals surface area contributed by atoms with Crippen LogP contribution in [-0.2, 0) is 0 Å². The Bertz CT molecular complexity index is 332. The van der Waals surface area contributed by atoms with Crippen LogP contribution in [0.25, 0.3) is 0 Å². The molecule has 6 atom stereocenters. The second-order valence-corrected chi connectivity index (χ2v) is 8.79. The molecule has 0 aromatic heterocycles. The second-order valence-electron chi connectivity index (χ2n) is 8.79. The maximum Gasteiger partial charge on any atom is 0.0138 e. The Morgan fingerprint density at radius 2 is 1.61 bits per heavy atom. The van der Waals surface area contributed by atoms with Gasteiger partial charge in [0.25, 0.3) is 0 Å². The summed E-state index contributed by atoms with van der Waals surface area (Å²) in [6.07, 6.45) is 8.94. The number of nitrogens with one attached hydrogen (secondary N) is 1. The summed E-state index contributed by atoms with van der Waals surface area (Å²) >= 11 is 0. The maximum absolute atomic E-state index is 4.08. The average molecular weight is 247 g/mol. The summed E-state index contributed by atoms with van der Waals surface area (Å²) in [5, 5.41) is 4.08. The number of hydrogen-bond donors (Lipinski definition) is 1. The van der Waals surface area contributed by atoms with E-state index >= 15 is 0 Å². The van der Waals surface area contributed by atoms with Gasteiger partial charge in [-0.25, -0.2) is 0 Å². The Morgan fingerprint density at radius 1 is 0.944 bits per heavy atom. The molecule has 6 unspecified atom stereocenters. The normalized spacial score (nSPS) is 56.5. The summed E-state index contributed by atoms with van der Waals surface area (Å²) in [7, 11) is 0. The molecule has 4 saturated carbocycles. The van der Waals surface area contributed by atoms with Crippen LogP contribution in [0.4, 0.5) is 0 Å². The molecule has 4 aliphatic rings. The average Bonchev–Trinajstić information content (AvgIpc) is 2.68. The van der Waals surface area contributed by atoms with Crippen molar-refractivity contribution in [1.82, 2.24) is 5.32 Å². The molecule has 1 nitrogen and oxygen atoms in total. The van der Waals surface area contributed by atoms with Gasteiger partial charge in [-0.15, -0.1) is 0 Å². The van der Waals surface area contributed by atoms with E-state index in [1.165, 1.54) is 19.3 Å². The molecule has 0 aliphatic heterocycles. The number of hydrogen-bond acceptors (Lipinski definition) is 1. The van der Waals surface area contributed by atoms with E-state index in [9.17, 15) is 0 Å². The van der Waals surface area contributed by atoms with E-state index in [4.69, 9.17) is 0 Å². The van der Waals surface area contributed by atoms with Gasteiger partial charge < -0.3 is 5.32 Å². The minimum Gasteiger partial charge on any atom is -0.311 e. The van der Waals surface area contributed by atoms with E-state index in [0.717, 1.165) is 41.7 Å². The van der Waals surface area contributed by atoms with Gasteiger partial charge in [-0.1, -0.05) is 20.8 Å². The Morgan fingerprint density at radius 3 is 2.22 bits per heavy atom. The molecule has 2 bridgehead atoms. The molecule has 18 heavy (non-hydrogen) atoms. The molecule has 1 N–H and O–H groups in total. The van der Waals surface area contributed by atoms with Crippen molar-refractivity contribution in [1.29, 1.82) is 0 Å². The van der Waals surface area contributed by atoms with Crippen LogP contribution < -0.4 is 5.32 Å². The largest absolute Gasteiger partial charge is 0.311 e. The highest BCUT2D eigenvalue weighted by Crippen LogP contribution is 2.65. The zero-order valence-corrected chi connectivity index (χ0v) is 12.3. The molecule has 0 aromatic rings. The van der Waals surface area contributed by atoms with Crippen molar-refractivity contribution in [3.05, 3.63) is 0 Å². The zero-order chi connectivity index (χ0) is 12.5. The minimum atomic E-state index is 0.568. The van der Waals surface area contributed by atoms with Gasteiger partial charge in [-0.3, -0.25) is 0 Å². The van der Waals surface area contributed by atoms with Crippen molar-refractivity contribution in [2.75, 3.05) is 0 Å². The first-order valence-corrected chi connectivity index (χ1v) is 8.29. The van der Waals surface area contributed by atoms with Crippen LogP contribution in [0.15, 0.2) is 0 Å². The van der Waals surface area contributed by atoms with Gasteiger partial charge in [-0.2, -0.15) is 0 Å². The van der Waals surface area contributed by atoms with E-state index in [2.05, 4.69) is 26.1 Å². The zero-order valence-electron chi connectivity index (χ0n) is 12.3. The van der Waals surface area contributed by atoms with E-state index < -0.39 is 0 Å². The molecular formula is C17H29N. The molecule has 0 amide bonds. The van der Waals surface area contributed by atoms with Crippen molar-refractivity contribution < 1.29 is 0 Å². The number of rotatable bonds is 2. The smallest absolute Gasteiger partial charge is 0.0138 e. The highest BCUT2D eigenvalue weighted by Gasteiger charge is 2.65. The van der Waals surface area contributed by atoms with E-state index in [1.54, 1.807) is 19.3 Å². The lowest BCUT2D eigenvalue weighted by Gasteiger charge is -2.39. The fourth-order valence-corrected chi connectivity index (χ4v) is 6.29. The first-order valence-electron chi connectivity index (χ1n) is 8.29. The third-order valence-corrected chi connectivity index (χ3v) is 6.55. The molecule has 0 aromatic carbocycles. The van der Waals surface area contributed by atoms with Gasteiger partial charge in [0, 0.05) is 12.1 Å². The molecule has 4 fully saturated rings. The first-order chi connectivity index (χ1) is 8.53. The van der Waals surface area contributed by atoms with Crippen molar-refractivity contribution in [2.24, 2.45) is 35.0 Å². The molecule has 4 aliphatic carbocycles.